The van der Waals surface area contributed by atoms with Crippen molar-refractivity contribution in [1.82, 2.24) is 9.62 Å². The second-order valence-electron chi connectivity index (χ2n) is 5.24. The van der Waals surface area contributed by atoms with Gasteiger partial charge in [0.2, 0.25) is 10.0 Å². The normalized spacial score (nSPS) is 24.5. The fourth-order valence-electron chi connectivity index (χ4n) is 2.38. The number of benzene rings is 1. The summed E-state index contributed by atoms with van der Waals surface area (Å²) >= 11 is 0. The van der Waals surface area contributed by atoms with Crippen molar-refractivity contribution in [2.45, 2.75) is 37.0 Å². The van der Waals surface area contributed by atoms with Gasteiger partial charge in [-0.1, -0.05) is 0 Å². The average Bonchev–Trinajstić information content (AvgIpc) is 2.40. The van der Waals surface area contributed by atoms with Crippen LogP contribution in [0.15, 0.2) is 23.1 Å². The summed E-state index contributed by atoms with van der Waals surface area (Å²) in [6, 6.07) is 1.19. The molecule has 0 aromatic heterocycles. The molecule has 1 heterocycles. The third-order valence-corrected chi connectivity index (χ3v) is 5.81. The first-order valence-corrected chi connectivity index (χ1v) is 8.11. The van der Waals surface area contributed by atoms with E-state index in [2.05, 4.69) is 5.32 Å². The van der Waals surface area contributed by atoms with E-state index in [9.17, 15) is 26.0 Å². The molecule has 2 atom stereocenters. The number of hydrogen-bond donors (Lipinski definition) is 1. The molecule has 0 bridgehead atoms. The Balaban J connectivity index is 2.46. The number of halogens is 4. The lowest BCUT2D eigenvalue weighted by atomic mass is 10.1. The van der Waals surface area contributed by atoms with Gasteiger partial charge < -0.3 is 5.32 Å². The molecular weight excluding hydrogens is 324 g/mol. The quantitative estimate of drug-likeness (QED) is 0.840. The molecule has 1 aliphatic heterocycles. The lowest BCUT2D eigenvalue weighted by Gasteiger charge is -2.37. The highest BCUT2D eigenvalue weighted by Crippen LogP contribution is 2.33. The van der Waals surface area contributed by atoms with Gasteiger partial charge in [-0.15, -0.1) is 0 Å². The minimum atomic E-state index is -4.95. The Hall–Kier alpha value is -1.19. The molecule has 1 saturated heterocycles. The summed E-state index contributed by atoms with van der Waals surface area (Å²) in [7, 11) is -4.12. The second-order valence-corrected chi connectivity index (χ2v) is 7.13. The molecule has 0 spiro atoms. The van der Waals surface area contributed by atoms with Crippen LogP contribution in [-0.4, -0.2) is 37.9 Å². The van der Waals surface area contributed by atoms with Crippen molar-refractivity contribution in [3.63, 3.8) is 0 Å². The summed E-state index contributed by atoms with van der Waals surface area (Å²) < 4.78 is 77.7. The van der Waals surface area contributed by atoms with Crippen LogP contribution in [0.3, 0.4) is 0 Å². The smallest absolute Gasteiger partial charge is 0.311 e. The molecule has 1 aromatic rings. The lowest BCUT2D eigenvalue weighted by Crippen LogP contribution is -2.57. The summed E-state index contributed by atoms with van der Waals surface area (Å²) in [6.45, 7) is 4.01. The molecule has 22 heavy (non-hydrogen) atoms. The van der Waals surface area contributed by atoms with Gasteiger partial charge in [-0.2, -0.15) is 17.5 Å². The van der Waals surface area contributed by atoms with Gasteiger partial charge in [0.25, 0.3) is 0 Å². The monoisotopic (exact) mass is 340 g/mol. The van der Waals surface area contributed by atoms with Gasteiger partial charge >= 0.3 is 6.18 Å². The number of sulfonamides is 1. The van der Waals surface area contributed by atoms with Gasteiger partial charge in [-0.05, 0) is 32.0 Å². The van der Waals surface area contributed by atoms with Crippen LogP contribution in [0, 0.1) is 5.82 Å². The van der Waals surface area contributed by atoms with Crippen LogP contribution in [0.1, 0.15) is 19.4 Å². The van der Waals surface area contributed by atoms with Crippen molar-refractivity contribution < 1.29 is 26.0 Å². The minimum absolute atomic E-state index is 0.133. The maximum absolute atomic E-state index is 13.3. The Morgan fingerprint density at radius 3 is 2.50 bits per heavy atom. The van der Waals surface area contributed by atoms with E-state index in [0.29, 0.717) is 18.7 Å². The molecule has 1 fully saturated rings. The number of alkyl halides is 3. The zero-order valence-corrected chi connectivity index (χ0v) is 12.8. The van der Waals surface area contributed by atoms with Crippen molar-refractivity contribution in [2.75, 3.05) is 13.1 Å². The highest BCUT2D eigenvalue weighted by molar-refractivity contribution is 7.89. The standard InChI is InChI=1S/C13H16F4N2O2S/c1-8-9(2)19(6-5-18-8)22(20,21)10-3-4-12(14)11(7-10)13(15,16)17/h3-4,7-9,18H,5-6H2,1-2H3. The van der Waals surface area contributed by atoms with Crippen LogP contribution in [0.5, 0.6) is 0 Å². The molecule has 0 amide bonds. The zero-order chi connectivity index (χ0) is 16.7. The van der Waals surface area contributed by atoms with E-state index in [1.54, 1.807) is 13.8 Å². The summed E-state index contributed by atoms with van der Waals surface area (Å²) in [5.74, 6) is -1.49. The Morgan fingerprint density at radius 2 is 1.91 bits per heavy atom. The first-order chi connectivity index (χ1) is 10.0. The van der Waals surface area contributed by atoms with Gasteiger partial charge in [-0.25, -0.2) is 12.8 Å². The largest absolute Gasteiger partial charge is 0.419 e. The van der Waals surface area contributed by atoms with E-state index in [-0.39, 0.29) is 12.6 Å². The molecule has 1 aliphatic rings. The van der Waals surface area contributed by atoms with E-state index >= 15 is 0 Å². The van der Waals surface area contributed by atoms with E-state index < -0.39 is 38.5 Å². The average molecular weight is 340 g/mol. The van der Waals surface area contributed by atoms with E-state index in [1.807, 2.05) is 0 Å². The van der Waals surface area contributed by atoms with Crippen LogP contribution in [-0.2, 0) is 16.2 Å². The first-order valence-electron chi connectivity index (χ1n) is 6.67. The van der Waals surface area contributed by atoms with E-state index in [1.165, 1.54) is 0 Å². The first kappa shape index (κ1) is 17.2. The van der Waals surface area contributed by atoms with Crippen molar-refractivity contribution in [3.8, 4) is 0 Å². The van der Waals surface area contributed by atoms with Crippen LogP contribution in [0.25, 0.3) is 0 Å². The zero-order valence-electron chi connectivity index (χ0n) is 12.0. The number of rotatable bonds is 2. The third kappa shape index (κ3) is 3.11. The summed E-state index contributed by atoms with van der Waals surface area (Å²) in [5.41, 5.74) is -1.58. The predicted octanol–water partition coefficient (Wildman–Crippen LogP) is 2.22. The number of nitrogens with one attached hydrogen (secondary N) is 1. The van der Waals surface area contributed by atoms with Gasteiger partial charge in [0, 0.05) is 25.2 Å². The number of hydrogen-bond acceptors (Lipinski definition) is 3. The summed E-state index contributed by atoms with van der Waals surface area (Å²) in [6.07, 6.45) is -4.95. The van der Waals surface area contributed by atoms with Crippen molar-refractivity contribution in [1.29, 1.82) is 0 Å². The molecule has 1 N–H and O–H groups in total. The molecular formula is C13H16F4N2O2S. The predicted molar refractivity (Wildman–Crippen MR) is 72.2 cm³/mol. The summed E-state index contributed by atoms with van der Waals surface area (Å²) in [4.78, 5) is -0.554. The molecule has 9 heteroatoms. The van der Waals surface area contributed by atoms with Crippen molar-refractivity contribution >= 4 is 10.0 Å². The fourth-order valence-corrected chi connectivity index (χ4v) is 4.11. The molecule has 2 unspecified atom stereocenters. The van der Waals surface area contributed by atoms with Gasteiger partial charge in [0.05, 0.1) is 10.5 Å². The lowest BCUT2D eigenvalue weighted by molar-refractivity contribution is -0.140. The Kier molecular flexibility index (Phi) is 4.51. The molecule has 0 aliphatic carbocycles. The van der Waals surface area contributed by atoms with Gasteiger partial charge in [-0.3, -0.25) is 0 Å². The second kappa shape index (κ2) is 5.78. The number of nitrogens with zero attached hydrogens (tertiary/aromatic N) is 1. The molecule has 0 saturated carbocycles. The third-order valence-electron chi connectivity index (χ3n) is 3.83. The molecule has 4 nitrogen and oxygen atoms in total. The number of piperazine rings is 1. The van der Waals surface area contributed by atoms with Crippen LogP contribution < -0.4 is 5.32 Å². The molecule has 0 radical (unpaired) electrons. The maximum atomic E-state index is 13.3. The SMILES string of the molecule is CC1NCCN(S(=O)(=O)c2ccc(F)c(C(F)(F)F)c2)C1C. The maximum Gasteiger partial charge on any atom is 0.419 e. The minimum Gasteiger partial charge on any atom is -0.311 e. The highest BCUT2D eigenvalue weighted by Gasteiger charge is 2.38. The highest BCUT2D eigenvalue weighted by atomic mass is 32.2. The summed E-state index contributed by atoms with van der Waals surface area (Å²) in [5, 5.41) is 3.08. The topological polar surface area (TPSA) is 49.4 Å². The van der Waals surface area contributed by atoms with Crippen molar-refractivity contribution in [2.24, 2.45) is 0 Å². The van der Waals surface area contributed by atoms with Crippen LogP contribution >= 0.6 is 0 Å². The van der Waals surface area contributed by atoms with Gasteiger partial charge in [0.1, 0.15) is 5.82 Å². The molecule has 2 rings (SSSR count). The van der Waals surface area contributed by atoms with Crippen molar-refractivity contribution in [3.05, 3.63) is 29.6 Å². The Morgan fingerprint density at radius 1 is 1.27 bits per heavy atom. The van der Waals surface area contributed by atoms with E-state index in [4.69, 9.17) is 0 Å². The fraction of sp³-hybridized carbons (Fsp3) is 0.538. The van der Waals surface area contributed by atoms with Crippen LogP contribution in [0.2, 0.25) is 0 Å². The molecule has 1 aromatic carbocycles. The van der Waals surface area contributed by atoms with E-state index in [0.717, 1.165) is 10.4 Å². The van der Waals surface area contributed by atoms with Gasteiger partial charge in [0.15, 0.2) is 0 Å². The molecule has 124 valence electrons. The Labute approximate surface area is 126 Å². The Bertz CT molecular complexity index is 660. The van der Waals surface area contributed by atoms with Crippen LogP contribution in [0.4, 0.5) is 17.6 Å².